The molecule has 0 aliphatic carbocycles. The van der Waals surface area contributed by atoms with Crippen molar-refractivity contribution in [3.05, 3.63) is 73.9 Å². The molecule has 5 rings (SSSR count). The van der Waals surface area contributed by atoms with E-state index in [4.69, 9.17) is 16.3 Å². The van der Waals surface area contributed by atoms with Gasteiger partial charge in [-0.3, -0.25) is 14.3 Å². The van der Waals surface area contributed by atoms with E-state index < -0.39 is 29.6 Å². The second-order valence-electron chi connectivity index (χ2n) is 8.74. The van der Waals surface area contributed by atoms with E-state index in [1.165, 1.54) is 21.3 Å². The Balaban J connectivity index is 1.51. The quantitative estimate of drug-likeness (QED) is 0.242. The van der Waals surface area contributed by atoms with Crippen molar-refractivity contribution < 1.29 is 28.2 Å². The average molecular weight is 598 g/mol. The third-order valence-electron chi connectivity index (χ3n) is 6.15. The zero-order valence-corrected chi connectivity index (χ0v) is 22.9. The Bertz CT molecular complexity index is 1950. The third-order valence-corrected chi connectivity index (χ3v) is 7.39. The smallest absolute Gasteiger partial charge is 0.388 e. The van der Waals surface area contributed by atoms with Crippen LogP contribution >= 0.6 is 22.9 Å². The highest BCUT2D eigenvalue weighted by atomic mass is 35.5. The number of benzene rings is 1. The van der Waals surface area contributed by atoms with Crippen LogP contribution in [0.5, 0.6) is 11.6 Å². The largest absolute Gasteiger partial charge is 0.491 e. The lowest BCUT2D eigenvalue weighted by Crippen LogP contribution is -2.27. The van der Waals surface area contributed by atoms with Crippen LogP contribution in [0, 0.1) is 25.2 Å². The van der Waals surface area contributed by atoms with E-state index in [1.807, 2.05) is 0 Å². The summed E-state index contributed by atoms with van der Waals surface area (Å²) >= 11 is 7.55. The van der Waals surface area contributed by atoms with Gasteiger partial charge in [0.25, 0.3) is 5.56 Å². The van der Waals surface area contributed by atoms with E-state index in [9.17, 15) is 28.7 Å². The molecule has 4 heterocycles. The fourth-order valence-corrected chi connectivity index (χ4v) is 5.60. The van der Waals surface area contributed by atoms with E-state index in [0.29, 0.717) is 43.6 Å². The molecule has 208 valence electrons. The molecule has 10 nitrogen and oxygen atoms in total. The minimum absolute atomic E-state index is 0.000844. The molecule has 0 amide bonds. The number of carboxylic acids is 1. The molecule has 0 aliphatic heterocycles. The molecule has 14 heteroatoms. The molecule has 1 N–H and O–H groups in total. The predicted octanol–water partition coefficient (Wildman–Crippen LogP) is 5.59. The lowest BCUT2D eigenvalue weighted by Gasteiger charge is -2.16. The van der Waals surface area contributed by atoms with Gasteiger partial charge in [-0.15, -0.1) is 11.3 Å². The molecular formula is C27H18ClF2N5O5S. The highest BCUT2D eigenvalue weighted by molar-refractivity contribution is 7.18. The summed E-state index contributed by atoms with van der Waals surface area (Å²) < 4.78 is 37.9. The molecule has 0 radical (unpaired) electrons. The fourth-order valence-electron chi connectivity index (χ4n) is 4.42. The van der Waals surface area contributed by atoms with E-state index >= 15 is 0 Å². The molecular weight excluding hydrogens is 580 g/mol. The van der Waals surface area contributed by atoms with Gasteiger partial charge in [-0.25, -0.2) is 14.8 Å². The number of fused-ring (bicyclic) bond motifs is 2. The van der Waals surface area contributed by atoms with Gasteiger partial charge in [0.1, 0.15) is 29.8 Å². The summed E-state index contributed by atoms with van der Waals surface area (Å²) in [5.74, 6) is -1.04. The first-order valence-corrected chi connectivity index (χ1v) is 13.1. The Morgan fingerprint density at radius 2 is 2.02 bits per heavy atom. The monoisotopic (exact) mass is 597 g/mol. The van der Waals surface area contributed by atoms with Gasteiger partial charge in [-0.05, 0) is 38.1 Å². The molecule has 0 saturated heterocycles. The summed E-state index contributed by atoms with van der Waals surface area (Å²) in [6.07, 6.45) is 1.10. The zero-order valence-electron chi connectivity index (χ0n) is 21.3. The van der Waals surface area contributed by atoms with E-state index in [-0.39, 0.29) is 29.6 Å². The maximum Gasteiger partial charge on any atom is 0.388 e. The fraction of sp³-hybridized carbons (Fsp3) is 0.185. The number of ether oxygens (including phenoxy) is 2. The Morgan fingerprint density at radius 3 is 2.73 bits per heavy atom. The van der Waals surface area contributed by atoms with Crippen molar-refractivity contribution in [2.75, 3.05) is 6.61 Å². The number of halogens is 3. The summed E-state index contributed by atoms with van der Waals surface area (Å²) in [5.41, 5.74) is 1.30. The average Bonchev–Trinajstić information content (AvgIpc) is 3.34. The molecule has 1 aromatic carbocycles. The van der Waals surface area contributed by atoms with E-state index in [2.05, 4.69) is 19.7 Å². The van der Waals surface area contributed by atoms with Crippen LogP contribution in [-0.2, 0) is 6.54 Å². The second-order valence-corrected chi connectivity index (χ2v) is 10.1. The van der Waals surface area contributed by atoms with Crippen molar-refractivity contribution in [1.82, 2.24) is 19.5 Å². The van der Waals surface area contributed by atoms with E-state index in [1.54, 1.807) is 44.2 Å². The number of hydrogen-bond acceptors (Lipinski definition) is 9. The second kappa shape index (κ2) is 11.1. The van der Waals surface area contributed by atoms with Gasteiger partial charge >= 0.3 is 12.6 Å². The van der Waals surface area contributed by atoms with Gasteiger partial charge < -0.3 is 14.6 Å². The molecule has 5 aromatic rings. The van der Waals surface area contributed by atoms with Crippen LogP contribution < -0.4 is 15.0 Å². The number of pyridine rings is 2. The van der Waals surface area contributed by atoms with Crippen molar-refractivity contribution in [3.8, 4) is 28.8 Å². The van der Waals surface area contributed by atoms with Crippen LogP contribution in [0.25, 0.3) is 32.2 Å². The first kappa shape index (κ1) is 27.9. The lowest BCUT2D eigenvalue weighted by atomic mass is 10.0. The summed E-state index contributed by atoms with van der Waals surface area (Å²) in [6, 6.07) is 8.50. The summed E-state index contributed by atoms with van der Waals surface area (Å²) in [6.45, 7) is 0.0823. The predicted molar refractivity (Wildman–Crippen MR) is 147 cm³/mol. The maximum absolute atomic E-state index is 13.4. The molecule has 0 saturated carbocycles. The van der Waals surface area contributed by atoms with Crippen molar-refractivity contribution in [1.29, 1.82) is 5.26 Å². The Morgan fingerprint density at radius 1 is 1.24 bits per heavy atom. The SMILES string of the molecule is Cc1cc(-c2cc(Cl)ccc2OCCn2c(C)nc3cnc(OC(F)F)c(C#N)c3c2=O)c2scc(C(=O)O)c2n1. The zero-order chi connectivity index (χ0) is 29.4. The van der Waals surface area contributed by atoms with Crippen LogP contribution in [0.1, 0.15) is 27.4 Å². The van der Waals surface area contributed by atoms with Gasteiger partial charge in [0, 0.05) is 27.2 Å². The van der Waals surface area contributed by atoms with E-state index in [0.717, 1.165) is 6.20 Å². The number of hydrogen-bond donors (Lipinski definition) is 1. The topological polar surface area (TPSA) is 140 Å². The van der Waals surface area contributed by atoms with Gasteiger partial charge in [-0.2, -0.15) is 14.0 Å². The Kier molecular flexibility index (Phi) is 7.53. The number of carbonyl (C=O) groups is 1. The number of aromatic carboxylic acids is 1. The number of aryl methyl sites for hydroxylation is 2. The van der Waals surface area contributed by atoms with Gasteiger partial charge in [0.05, 0.1) is 39.4 Å². The molecule has 0 bridgehead atoms. The summed E-state index contributed by atoms with van der Waals surface area (Å²) in [5, 5.41) is 20.9. The van der Waals surface area contributed by atoms with Crippen LogP contribution in [0.2, 0.25) is 5.02 Å². The summed E-state index contributed by atoms with van der Waals surface area (Å²) in [4.78, 5) is 37.5. The number of nitriles is 1. The first-order valence-electron chi connectivity index (χ1n) is 11.9. The van der Waals surface area contributed by atoms with Crippen LogP contribution in [0.3, 0.4) is 0 Å². The Hall–Kier alpha value is -4.67. The molecule has 4 aromatic heterocycles. The third kappa shape index (κ3) is 5.27. The number of rotatable bonds is 8. The maximum atomic E-state index is 13.4. The standard InChI is InChI=1S/C27H18ClF2N5O5S/c1-12-7-16(23-22(33-12)18(11-41-23)26(37)38)15-8-14(28)3-4-20(15)39-6-5-35-13(2)34-19-10-32-24(40-27(29)30)17(9-31)21(19)25(35)36/h3-4,7-8,10-11,27H,5-6H2,1-2H3,(H,37,38). The number of carboxylic acid groups (broad SMARTS) is 1. The van der Waals surface area contributed by atoms with Crippen LogP contribution in [-0.4, -0.2) is 43.8 Å². The van der Waals surface area contributed by atoms with Gasteiger partial charge in [0.2, 0.25) is 5.88 Å². The molecule has 0 atom stereocenters. The van der Waals surface area contributed by atoms with Crippen molar-refractivity contribution in [2.45, 2.75) is 27.0 Å². The highest BCUT2D eigenvalue weighted by Gasteiger charge is 2.21. The number of aromatic nitrogens is 4. The minimum atomic E-state index is -3.23. The van der Waals surface area contributed by atoms with Crippen LogP contribution in [0.15, 0.2) is 40.6 Å². The number of nitrogens with zero attached hydrogens (tertiary/aromatic N) is 5. The molecule has 0 spiro atoms. The minimum Gasteiger partial charge on any atom is -0.491 e. The van der Waals surface area contributed by atoms with Gasteiger partial charge in [-0.1, -0.05) is 11.6 Å². The number of thiophene rings is 1. The molecule has 0 aliphatic rings. The van der Waals surface area contributed by atoms with Gasteiger partial charge in [0.15, 0.2) is 0 Å². The number of alkyl halides is 2. The van der Waals surface area contributed by atoms with Crippen LogP contribution in [0.4, 0.5) is 8.78 Å². The Labute approximate surface area is 239 Å². The highest BCUT2D eigenvalue weighted by Crippen LogP contribution is 2.40. The normalized spacial score (nSPS) is 11.2. The lowest BCUT2D eigenvalue weighted by molar-refractivity contribution is -0.0529. The first-order chi connectivity index (χ1) is 19.6. The van der Waals surface area contributed by atoms with Crippen molar-refractivity contribution in [2.24, 2.45) is 0 Å². The molecule has 0 unspecified atom stereocenters. The van der Waals surface area contributed by atoms with Crippen molar-refractivity contribution in [3.63, 3.8) is 0 Å². The summed E-state index contributed by atoms with van der Waals surface area (Å²) in [7, 11) is 0. The molecule has 41 heavy (non-hydrogen) atoms. The van der Waals surface area contributed by atoms with Crippen molar-refractivity contribution >= 4 is 50.0 Å². The molecule has 0 fully saturated rings.